The van der Waals surface area contributed by atoms with E-state index in [1.165, 1.54) is 6.20 Å². The zero-order chi connectivity index (χ0) is 18.4. The molecule has 0 bridgehead atoms. The molecule has 2 aromatic rings. The van der Waals surface area contributed by atoms with Crippen molar-refractivity contribution in [2.75, 3.05) is 44.8 Å². The third-order valence-corrected chi connectivity index (χ3v) is 4.29. The number of carbonyl (C=O) groups is 2. The van der Waals surface area contributed by atoms with Crippen LogP contribution in [0, 0.1) is 0 Å². The van der Waals surface area contributed by atoms with Crippen molar-refractivity contribution in [3.05, 3.63) is 54.4 Å². The molecular weight excluding hydrogens is 334 g/mol. The van der Waals surface area contributed by atoms with Crippen molar-refractivity contribution in [1.82, 2.24) is 9.88 Å². The number of piperazine rings is 1. The lowest BCUT2D eigenvalue weighted by Crippen LogP contribution is -2.49. The van der Waals surface area contributed by atoms with Crippen molar-refractivity contribution in [2.24, 2.45) is 0 Å². The highest BCUT2D eigenvalue weighted by Crippen LogP contribution is 2.20. The first-order valence-electron chi connectivity index (χ1n) is 8.41. The molecule has 1 aromatic carbocycles. The summed E-state index contributed by atoms with van der Waals surface area (Å²) >= 11 is 0. The molecule has 0 N–H and O–H groups in total. The molecule has 0 spiro atoms. The Hall–Kier alpha value is -3.09. The van der Waals surface area contributed by atoms with Crippen molar-refractivity contribution in [3.63, 3.8) is 0 Å². The molecule has 0 saturated carbocycles. The summed E-state index contributed by atoms with van der Waals surface area (Å²) in [6, 6.07) is 11.1. The van der Waals surface area contributed by atoms with Crippen LogP contribution in [0.3, 0.4) is 0 Å². The summed E-state index contributed by atoms with van der Waals surface area (Å²) < 4.78 is 10.2. The van der Waals surface area contributed by atoms with E-state index in [2.05, 4.69) is 9.88 Å². The number of nitrogens with zero attached hydrogens (tertiary/aromatic N) is 3. The van der Waals surface area contributed by atoms with E-state index in [9.17, 15) is 9.59 Å². The molecule has 0 atom stereocenters. The Morgan fingerprint density at radius 1 is 1.08 bits per heavy atom. The molecule has 3 rings (SSSR count). The smallest absolute Gasteiger partial charge is 0.340 e. The molecule has 2 heterocycles. The minimum absolute atomic E-state index is 0.184. The van der Waals surface area contributed by atoms with Gasteiger partial charge in [-0.05, 0) is 36.4 Å². The van der Waals surface area contributed by atoms with Crippen LogP contribution in [-0.2, 0) is 9.53 Å². The van der Waals surface area contributed by atoms with E-state index in [4.69, 9.17) is 9.47 Å². The fraction of sp³-hybridized carbons (Fsp3) is 0.316. The van der Waals surface area contributed by atoms with Crippen LogP contribution in [0.15, 0.2) is 48.8 Å². The van der Waals surface area contributed by atoms with Crippen LogP contribution < -0.4 is 9.64 Å². The normalized spacial score (nSPS) is 14.0. The van der Waals surface area contributed by atoms with Crippen LogP contribution in [0.4, 0.5) is 5.69 Å². The van der Waals surface area contributed by atoms with E-state index >= 15 is 0 Å². The number of aromatic nitrogens is 1. The number of hydrogen-bond acceptors (Lipinski definition) is 6. The monoisotopic (exact) mass is 355 g/mol. The molecule has 1 saturated heterocycles. The summed E-state index contributed by atoms with van der Waals surface area (Å²) in [4.78, 5) is 31.9. The highest BCUT2D eigenvalue weighted by atomic mass is 16.5. The standard InChI is InChI=1S/C19H21N3O4/c1-25-17-6-4-16(5-7-17)21-9-11-22(12-10-21)18(23)14-26-19(24)15-3-2-8-20-13-15/h2-8,13H,9-12,14H2,1H3. The number of pyridine rings is 1. The number of benzene rings is 1. The summed E-state index contributed by atoms with van der Waals surface area (Å²) in [5.74, 6) is 0.0953. The molecule has 1 aromatic heterocycles. The number of hydrogen-bond donors (Lipinski definition) is 0. The summed E-state index contributed by atoms with van der Waals surface area (Å²) in [5, 5.41) is 0. The maximum atomic E-state index is 12.3. The lowest BCUT2D eigenvalue weighted by atomic mass is 10.2. The molecule has 1 aliphatic rings. The number of rotatable bonds is 5. The van der Waals surface area contributed by atoms with Gasteiger partial charge in [0.05, 0.1) is 12.7 Å². The van der Waals surface area contributed by atoms with Crippen molar-refractivity contribution in [3.8, 4) is 5.75 Å². The van der Waals surface area contributed by atoms with Crippen LogP contribution in [0.25, 0.3) is 0 Å². The van der Waals surface area contributed by atoms with Gasteiger partial charge in [0.15, 0.2) is 6.61 Å². The summed E-state index contributed by atoms with van der Waals surface area (Å²) in [6.07, 6.45) is 2.99. The lowest BCUT2D eigenvalue weighted by Gasteiger charge is -2.36. The van der Waals surface area contributed by atoms with Gasteiger partial charge in [0, 0.05) is 44.3 Å². The first kappa shape index (κ1) is 17.7. The summed E-state index contributed by atoms with van der Waals surface area (Å²) in [5.41, 5.74) is 1.44. The second-order valence-electron chi connectivity index (χ2n) is 5.88. The Morgan fingerprint density at radius 3 is 2.42 bits per heavy atom. The first-order chi connectivity index (χ1) is 12.7. The molecule has 1 amide bonds. The quantitative estimate of drug-likeness (QED) is 0.759. The minimum Gasteiger partial charge on any atom is -0.497 e. The van der Waals surface area contributed by atoms with Gasteiger partial charge in [0.1, 0.15) is 5.75 Å². The van der Waals surface area contributed by atoms with Gasteiger partial charge in [0.2, 0.25) is 0 Å². The second kappa shape index (κ2) is 8.33. The highest BCUT2D eigenvalue weighted by Gasteiger charge is 2.22. The Kier molecular flexibility index (Phi) is 5.68. The van der Waals surface area contributed by atoms with Crippen LogP contribution in [-0.4, -0.2) is 61.7 Å². The molecule has 0 radical (unpaired) electrons. The average Bonchev–Trinajstić information content (AvgIpc) is 2.72. The van der Waals surface area contributed by atoms with E-state index in [1.807, 2.05) is 24.3 Å². The van der Waals surface area contributed by atoms with Gasteiger partial charge in [-0.15, -0.1) is 0 Å². The Morgan fingerprint density at radius 2 is 1.81 bits per heavy atom. The van der Waals surface area contributed by atoms with Gasteiger partial charge in [-0.25, -0.2) is 4.79 Å². The fourth-order valence-corrected chi connectivity index (χ4v) is 2.79. The van der Waals surface area contributed by atoms with E-state index in [0.717, 1.165) is 24.5 Å². The van der Waals surface area contributed by atoms with Gasteiger partial charge in [0.25, 0.3) is 5.91 Å². The fourth-order valence-electron chi connectivity index (χ4n) is 2.79. The number of anilines is 1. The minimum atomic E-state index is -0.539. The van der Waals surface area contributed by atoms with Crippen molar-refractivity contribution in [2.45, 2.75) is 0 Å². The summed E-state index contributed by atoms with van der Waals surface area (Å²) in [6.45, 7) is 2.39. The van der Waals surface area contributed by atoms with E-state index in [-0.39, 0.29) is 12.5 Å². The zero-order valence-corrected chi connectivity index (χ0v) is 14.6. The van der Waals surface area contributed by atoms with Crippen molar-refractivity contribution in [1.29, 1.82) is 0 Å². The molecule has 136 valence electrons. The molecule has 26 heavy (non-hydrogen) atoms. The Bertz CT molecular complexity index is 741. The lowest BCUT2D eigenvalue weighted by molar-refractivity contribution is -0.134. The van der Waals surface area contributed by atoms with Gasteiger partial charge in [-0.1, -0.05) is 0 Å². The molecule has 1 fully saturated rings. The molecule has 1 aliphatic heterocycles. The number of carbonyl (C=O) groups excluding carboxylic acids is 2. The second-order valence-corrected chi connectivity index (χ2v) is 5.88. The van der Waals surface area contributed by atoms with E-state index in [1.54, 1.807) is 30.3 Å². The maximum absolute atomic E-state index is 12.3. The number of methoxy groups -OCH3 is 1. The number of amides is 1. The molecule has 7 nitrogen and oxygen atoms in total. The van der Waals surface area contributed by atoms with E-state index < -0.39 is 5.97 Å². The molecule has 7 heteroatoms. The molecule has 0 aliphatic carbocycles. The topological polar surface area (TPSA) is 72.0 Å². The van der Waals surface area contributed by atoms with Gasteiger partial charge < -0.3 is 19.3 Å². The predicted molar refractivity (Wildman–Crippen MR) is 96.3 cm³/mol. The molecular formula is C19H21N3O4. The number of ether oxygens (including phenoxy) is 2. The third-order valence-electron chi connectivity index (χ3n) is 4.29. The van der Waals surface area contributed by atoms with Crippen LogP contribution in [0.1, 0.15) is 10.4 Å². The average molecular weight is 355 g/mol. The van der Waals surface area contributed by atoms with Crippen LogP contribution in [0.5, 0.6) is 5.75 Å². The maximum Gasteiger partial charge on any atom is 0.340 e. The molecule has 0 unspecified atom stereocenters. The third kappa shape index (κ3) is 4.30. The van der Waals surface area contributed by atoms with E-state index in [0.29, 0.717) is 18.7 Å². The van der Waals surface area contributed by atoms with Crippen molar-refractivity contribution >= 4 is 17.6 Å². The SMILES string of the molecule is COc1ccc(N2CCN(C(=O)COC(=O)c3cccnc3)CC2)cc1. The largest absolute Gasteiger partial charge is 0.497 e. The van der Waals surface area contributed by atoms with Crippen LogP contribution in [0.2, 0.25) is 0 Å². The van der Waals surface area contributed by atoms with Crippen LogP contribution >= 0.6 is 0 Å². The van der Waals surface area contributed by atoms with Gasteiger partial charge in [-0.3, -0.25) is 9.78 Å². The summed E-state index contributed by atoms with van der Waals surface area (Å²) in [7, 11) is 1.64. The van der Waals surface area contributed by atoms with Gasteiger partial charge in [-0.2, -0.15) is 0 Å². The Labute approximate surface area is 152 Å². The number of esters is 1. The first-order valence-corrected chi connectivity index (χ1v) is 8.41. The zero-order valence-electron chi connectivity index (χ0n) is 14.6. The van der Waals surface area contributed by atoms with Crippen molar-refractivity contribution < 1.29 is 19.1 Å². The highest BCUT2D eigenvalue weighted by molar-refractivity contribution is 5.91. The predicted octanol–water partition coefficient (Wildman–Crippen LogP) is 1.60. The Balaban J connectivity index is 1.46. The van der Waals surface area contributed by atoms with Gasteiger partial charge >= 0.3 is 5.97 Å².